The van der Waals surface area contributed by atoms with Crippen molar-refractivity contribution >= 4 is 64.7 Å². The molecule has 0 aliphatic heterocycles. The first-order chi connectivity index (χ1) is 17.7. The van der Waals surface area contributed by atoms with E-state index in [9.17, 15) is 13.2 Å². The molecule has 6 nitrogen and oxygen atoms in total. The number of ether oxygens (including phenoxy) is 1. The Labute approximate surface area is 230 Å². The lowest BCUT2D eigenvalue weighted by Crippen LogP contribution is -2.30. The minimum absolute atomic E-state index is 0.173. The lowest BCUT2D eigenvalue weighted by Gasteiger charge is -2.23. The first-order valence-corrected chi connectivity index (χ1v) is 15.1. The molecule has 3 aromatic carbocycles. The van der Waals surface area contributed by atoms with E-state index in [1.165, 1.54) is 22.8 Å². The first-order valence-electron chi connectivity index (χ1n) is 12.0. The van der Waals surface area contributed by atoms with Crippen LogP contribution in [0, 0.1) is 0 Å². The molecule has 194 valence electrons. The average Bonchev–Trinajstić information content (AvgIpc) is 3.33. The molecule has 37 heavy (non-hydrogen) atoms. The van der Waals surface area contributed by atoms with Crippen LogP contribution in [0.2, 0.25) is 0 Å². The third-order valence-electron chi connectivity index (χ3n) is 6.21. The van der Waals surface area contributed by atoms with Crippen molar-refractivity contribution < 1.29 is 17.9 Å². The average molecular weight is 602 g/mol. The first kappa shape index (κ1) is 27.2. The molecule has 1 amide bonds. The summed E-state index contributed by atoms with van der Waals surface area (Å²) >= 11 is 4.95. The maximum atomic E-state index is 13.4. The standard InChI is InChI=1S/C28H29BrN2O4S2/c1-5-18-14-21(29)15-19(6-2)27(18)30-28(32)26-17-20-16-22(8-13-25(20)36-26)31(7-3)37(33,34)24-11-9-23(35-4)10-12-24/h8-17H,5-7H2,1-4H3,(H,30,32). The number of carbonyl (C=O) groups is 1. The summed E-state index contributed by atoms with van der Waals surface area (Å²) in [6.45, 7) is 6.20. The van der Waals surface area contributed by atoms with Crippen LogP contribution in [0.25, 0.3) is 10.1 Å². The quantitative estimate of drug-likeness (QED) is 0.219. The monoisotopic (exact) mass is 600 g/mol. The van der Waals surface area contributed by atoms with Crippen molar-refractivity contribution in [3.63, 3.8) is 0 Å². The third-order valence-corrected chi connectivity index (χ3v) is 9.70. The van der Waals surface area contributed by atoms with Gasteiger partial charge >= 0.3 is 0 Å². The van der Waals surface area contributed by atoms with Gasteiger partial charge in [-0.05, 0) is 96.9 Å². The Morgan fingerprint density at radius 1 is 0.973 bits per heavy atom. The van der Waals surface area contributed by atoms with Crippen LogP contribution in [0.4, 0.5) is 11.4 Å². The minimum atomic E-state index is -3.77. The van der Waals surface area contributed by atoms with Crippen LogP contribution in [0.3, 0.4) is 0 Å². The van der Waals surface area contributed by atoms with Crippen molar-refractivity contribution in [2.45, 2.75) is 38.5 Å². The zero-order chi connectivity index (χ0) is 26.7. The Morgan fingerprint density at radius 2 is 1.62 bits per heavy atom. The number of fused-ring (bicyclic) bond motifs is 1. The Balaban J connectivity index is 1.65. The number of nitrogens with one attached hydrogen (secondary N) is 1. The van der Waals surface area contributed by atoms with E-state index in [1.807, 2.05) is 30.3 Å². The van der Waals surface area contributed by atoms with E-state index >= 15 is 0 Å². The highest BCUT2D eigenvalue weighted by Gasteiger charge is 2.24. The fraction of sp³-hybridized carbons (Fsp3) is 0.250. The van der Waals surface area contributed by atoms with Crippen LogP contribution >= 0.6 is 27.3 Å². The number of nitrogens with zero attached hydrogens (tertiary/aromatic N) is 1. The molecule has 4 aromatic rings. The van der Waals surface area contributed by atoms with Crippen molar-refractivity contribution in [3.05, 3.63) is 81.1 Å². The molecule has 1 aromatic heterocycles. The summed E-state index contributed by atoms with van der Waals surface area (Å²) in [5.74, 6) is 0.417. The van der Waals surface area contributed by atoms with Crippen molar-refractivity contribution in [2.24, 2.45) is 0 Å². The molecule has 9 heteroatoms. The molecular weight excluding hydrogens is 572 g/mol. The lowest BCUT2D eigenvalue weighted by atomic mass is 10.0. The molecule has 0 spiro atoms. The van der Waals surface area contributed by atoms with Gasteiger partial charge in [-0.25, -0.2) is 8.42 Å². The van der Waals surface area contributed by atoms with Crippen molar-refractivity contribution in [3.8, 4) is 5.75 Å². The second-order valence-corrected chi connectivity index (χ2v) is 12.3. The van der Waals surface area contributed by atoms with Crippen molar-refractivity contribution in [2.75, 3.05) is 23.3 Å². The van der Waals surface area contributed by atoms with E-state index in [1.54, 1.807) is 37.3 Å². The zero-order valence-electron chi connectivity index (χ0n) is 21.2. The Hall–Kier alpha value is -2.88. The van der Waals surface area contributed by atoms with Gasteiger partial charge in [-0.15, -0.1) is 11.3 Å². The fourth-order valence-corrected chi connectivity index (χ4v) is 7.24. The van der Waals surface area contributed by atoms with Gasteiger partial charge in [0.25, 0.3) is 15.9 Å². The highest BCUT2D eigenvalue weighted by atomic mass is 79.9. The summed E-state index contributed by atoms with van der Waals surface area (Å²) in [6, 6.07) is 17.7. The third kappa shape index (κ3) is 5.54. The number of rotatable bonds is 9. The van der Waals surface area contributed by atoms with Crippen molar-refractivity contribution in [1.82, 2.24) is 0 Å². The molecule has 0 radical (unpaired) electrons. The number of thiophene rings is 1. The van der Waals surface area contributed by atoms with E-state index in [-0.39, 0.29) is 17.3 Å². The van der Waals surface area contributed by atoms with Gasteiger partial charge in [-0.2, -0.15) is 0 Å². The van der Waals surface area contributed by atoms with E-state index < -0.39 is 10.0 Å². The lowest BCUT2D eigenvalue weighted by molar-refractivity contribution is 0.103. The molecule has 0 fully saturated rings. The fourth-order valence-electron chi connectivity index (χ4n) is 4.28. The molecule has 4 rings (SSSR count). The molecule has 1 N–H and O–H groups in total. The van der Waals surface area contributed by atoms with Crippen LogP contribution in [0.1, 0.15) is 41.6 Å². The second kappa shape index (κ2) is 11.2. The number of hydrogen-bond donors (Lipinski definition) is 1. The molecule has 0 saturated heterocycles. The van der Waals surface area contributed by atoms with E-state index in [0.29, 0.717) is 16.3 Å². The minimum Gasteiger partial charge on any atom is -0.497 e. The van der Waals surface area contributed by atoms with Gasteiger partial charge in [-0.1, -0.05) is 29.8 Å². The number of hydrogen-bond acceptors (Lipinski definition) is 5. The summed E-state index contributed by atoms with van der Waals surface area (Å²) < 4.78 is 35.2. The van der Waals surface area contributed by atoms with Crippen LogP contribution < -0.4 is 14.4 Å². The normalized spacial score (nSPS) is 11.5. The number of amides is 1. The highest BCUT2D eigenvalue weighted by Crippen LogP contribution is 2.34. The molecule has 0 unspecified atom stereocenters. The van der Waals surface area contributed by atoms with Gasteiger partial charge in [0.05, 0.1) is 22.6 Å². The van der Waals surface area contributed by atoms with Gasteiger partial charge in [0.15, 0.2) is 0 Å². The molecule has 0 saturated carbocycles. The Kier molecular flexibility index (Phi) is 8.26. The number of aryl methyl sites for hydroxylation is 2. The van der Waals surface area contributed by atoms with Crippen LogP contribution in [-0.2, 0) is 22.9 Å². The van der Waals surface area contributed by atoms with Crippen LogP contribution in [0.5, 0.6) is 5.75 Å². The highest BCUT2D eigenvalue weighted by molar-refractivity contribution is 9.10. The topological polar surface area (TPSA) is 75.7 Å². The van der Waals surface area contributed by atoms with Gasteiger partial charge in [0, 0.05) is 21.4 Å². The molecular formula is C28H29BrN2O4S2. The van der Waals surface area contributed by atoms with Crippen molar-refractivity contribution in [1.29, 1.82) is 0 Å². The smallest absolute Gasteiger partial charge is 0.265 e. The van der Waals surface area contributed by atoms with Gasteiger partial charge in [0.2, 0.25) is 0 Å². The second-order valence-electron chi connectivity index (χ2n) is 8.44. The molecule has 0 aliphatic carbocycles. The molecule has 0 aliphatic rings. The Bertz CT molecular complexity index is 1520. The molecule has 0 atom stereocenters. The maximum absolute atomic E-state index is 13.4. The summed E-state index contributed by atoms with van der Waals surface area (Å²) in [5, 5.41) is 3.94. The molecule has 0 bridgehead atoms. The van der Waals surface area contributed by atoms with Crippen LogP contribution in [-0.4, -0.2) is 28.0 Å². The Morgan fingerprint density at radius 3 is 2.19 bits per heavy atom. The SMILES string of the molecule is CCc1cc(Br)cc(CC)c1NC(=O)c1cc2cc(N(CC)S(=O)(=O)c3ccc(OC)cc3)ccc2s1. The predicted molar refractivity (Wildman–Crippen MR) is 156 cm³/mol. The van der Waals surface area contributed by atoms with Gasteiger partial charge < -0.3 is 10.1 Å². The number of sulfonamides is 1. The summed E-state index contributed by atoms with van der Waals surface area (Å²) in [6.07, 6.45) is 1.60. The number of benzene rings is 3. The summed E-state index contributed by atoms with van der Waals surface area (Å²) in [4.78, 5) is 14.0. The van der Waals surface area contributed by atoms with Crippen LogP contribution in [0.15, 0.2) is 70.0 Å². The number of halogens is 1. The predicted octanol–water partition coefficient (Wildman–Crippen LogP) is 7.26. The number of carbonyl (C=O) groups excluding carboxylic acids is 1. The van der Waals surface area contributed by atoms with E-state index in [4.69, 9.17) is 4.74 Å². The maximum Gasteiger partial charge on any atom is 0.265 e. The number of methoxy groups -OCH3 is 1. The summed E-state index contributed by atoms with van der Waals surface area (Å²) in [7, 11) is -2.23. The molecule has 1 heterocycles. The van der Waals surface area contributed by atoms with E-state index in [0.717, 1.165) is 44.2 Å². The largest absolute Gasteiger partial charge is 0.497 e. The zero-order valence-corrected chi connectivity index (χ0v) is 24.4. The summed E-state index contributed by atoms with van der Waals surface area (Å²) in [5.41, 5.74) is 3.56. The van der Waals surface area contributed by atoms with E-state index in [2.05, 4.69) is 35.1 Å². The van der Waals surface area contributed by atoms with Gasteiger partial charge in [0.1, 0.15) is 5.75 Å². The number of anilines is 2. The van der Waals surface area contributed by atoms with Gasteiger partial charge in [-0.3, -0.25) is 9.10 Å².